The van der Waals surface area contributed by atoms with Crippen molar-refractivity contribution >= 4 is 0 Å². The van der Waals surface area contributed by atoms with Gasteiger partial charge in [0.05, 0.1) is 0 Å². The van der Waals surface area contributed by atoms with Gasteiger partial charge in [0.1, 0.15) is 0 Å². The zero-order valence-electron chi connectivity index (χ0n) is 2.92. The summed E-state index contributed by atoms with van der Waals surface area (Å²) in [5, 5.41) is 14.5. The molecular formula is C2H3N3Ni. The van der Waals surface area contributed by atoms with Gasteiger partial charge in [-0.1, -0.05) is 0 Å². The summed E-state index contributed by atoms with van der Waals surface area (Å²) < 4.78 is 0. The minimum Gasteiger partial charge on any atom is -0.344 e. The molecule has 3 N–H and O–H groups in total. The topological polar surface area (TPSA) is 82.6 Å². The van der Waals surface area contributed by atoms with Crippen molar-refractivity contribution in [2.75, 3.05) is 0 Å². The van der Waals surface area contributed by atoms with E-state index in [0.717, 1.165) is 0 Å². The second-order valence-corrected chi connectivity index (χ2v) is 0.224. The molecule has 0 aromatic carbocycles. The second kappa shape index (κ2) is 25.4. The van der Waals surface area contributed by atoms with Crippen LogP contribution in [0, 0.1) is 22.7 Å². The maximum Gasteiger partial charge on any atom is 0.181 e. The fourth-order valence-electron chi connectivity index (χ4n) is 0. The van der Waals surface area contributed by atoms with Gasteiger partial charge in [-0.2, -0.15) is 10.5 Å². The molecule has 0 spiro atoms. The summed E-state index contributed by atoms with van der Waals surface area (Å²) in [6, 6.07) is 2.47. The molecule has 0 atom stereocenters. The van der Waals surface area contributed by atoms with E-state index >= 15 is 0 Å². The van der Waals surface area contributed by atoms with Crippen LogP contribution in [0.2, 0.25) is 0 Å². The van der Waals surface area contributed by atoms with Gasteiger partial charge < -0.3 is 6.15 Å². The fourth-order valence-corrected chi connectivity index (χ4v) is 0. The third kappa shape index (κ3) is 108. The van der Waals surface area contributed by atoms with E-state index in [1.165, 1.54) is 12.1 Å². The van der Waals surface area contributed by atoms with Gasteiger partial charge in [0, 0.05) is 16.5 Å². The van der Waals surface area contributed by atoms with Gasteiger partial charge in [-0.25, -0.2) is 0 Å². The van der Waals surface area contributed by atoms with E-state index in [-0.39, 0.29) is 22.6 Å². The third-order valence-corrected chi connectivity index (χ3v) is 0.0500. The molecule has 0 fully saturated rings. The molecule has 3 nitrogen and oxygen atoms in total. The maximum absolute atomic E-state index is 7.26. The quantitative estimate of drug-likeness (QED) is 0.472. The smallest absolute Gasteiger partial charge is 0.181 e. The Morgan fingerprint density at radius 1 is 1.00 bits per heavy atom. The predicted octanol–water partition coefficient (Wildman–Crippen LogP) is 0.193. The predicted molar refractivity (Wildman–Crippen MR) is 16.2 cm³/mol. The molecule has 0 radical (unpaired) electrons. The van der Waals surface area contributed by atoms with Crippen LogP contribution in [0.5, 0.6) is 0 Å². The van der Waals surface area contributed by atoms with Crippen molar-refractivity contribution in [3.63, 3.8) is 0 Å². The molecule has 4 heteroatoms. The van der Waals surface area contributed by atoms with Crippen LogP contribution in [0.3, 0.4) is 0 Å². The second-order valence-electron chi connectivity index (χ2n) is 0.224. The van der Waals surface area contributed by atoms with E-state index in [0.29, 0.717) is 0 Å². The monoisotopic (exact) mass is 127 g/mol. The van der Waals surface area contributed by atoms with E-state index in [2.05, 4.69) is 0 Å². The van der Waals surface area contributed by atoms with Crippen molar-refractivity contribution in [2.45, 2.75) is 0 Å². The Balaban J connectivity index is -0.0000000450. The SMILES string of the molecule is N.N#CC#N.[Ni]. The van der Waals surface area contributed by atoms with Gasteiger partial charge in [-0.3, -0.25) is 0 Å². The molecule has 0 amide bonds. The number of rotatable bonds is 0. The molecule has 0 aliphatic heterocycles. The zero-order valence-corrected chi connectivity index (χ0v) is 3.91. The standard InChI is InChI=1S/C2N2.H3N.Ni/c3-1-2-4;;/h;1H3;. The van der Waals surface area contributed by atoms with Crippen molar-refractivity contribution < 1.29 is 16.5 Å². The molecule has 0 aliphatic carbocycles. The normalized spacial score (nSPS) is 1.67. The summed E-state index contributed by atoms with van der Waals surface area (Å²) >= 11 is 0. The first-order valence-corrected chi connectivity index (χ1v) is 0.697. The van der Waals surface area contributed by atoms with Crippen LogP contribution in [0.4, 0.5) is 0 Å². The van der Waals surface area contributed by atoms with Gasteiger partial charge in [0.2, 0.25) is 0 Å². The Labute approximate surface area is 46.1 Å². The molecule has 0 saturated heterocycles. The van der Waals surface area contributed by atoms with Crippen molar-refractivity contribution in [3.05, 3.63) is 0 Å². The number of nitriles is 2. The van der Waals surface area contributed by atoms with Crippen molar-refractivity contribution in [2.24, 2.45) is 0 Å². The molecule has 0 unspecified atom stereocenters. The molecule has 0 aliphatic rings. The van der Waals surface area contributed by atoms with E-state index in [4.69, 9.17) is 10.5 Å². The first kappa shape index (κ1) is 18.0. The van der Waals surface area contributed by atoms with Crippen molar-refractivity contribution in [3.8, 4) is 12.1 Å². The van der Waals surface area contributed by atoms with Gasteiger partial charge >= 0.3 is 0 Å². The molecule has 6 heavy (non-hydrogen) atoms. The molecule has 0 heterocycles. The molecule has 0 aromatic heterocycles. The number of hydrogen-bond donors (Lipinski definition) is 1. The molecular weight excluding hydrogens is 125 g/mol. The minimum absolute atomic E-state index is 0. The van der Waals surface area contributed by atoms with Gasteiger partial charge in [-0.15, -0.1) is 0 Å². The molecule has 0 rings (SSSR count). The maximum atomic E-state index is 7.26. The van der Waals surface area contributed by atoms with Gasteiger partial charge in [0.15, 0.2) is 12.1 Å². The van der Waals surface area contributed by atoms with E-state index in [1.54, 1.807) is 0 Å². The summed E-state index contributed by atoms with van der Waals surface area (Å²) in [6.45, 7) is 0. The average Bonchev–Trinajstić information content (AvgIpc) is 1.37. The van der Waals surface area contributed by atoms with E-state index in [9.17, 15) is 0 Å². The van der Waals surface area contributed by atoms with Crippen LogP contribution in [0.15, 0.2) is 0 Å². The van der Waals surface area contributed by atoms with Crippen molar-refractivity contribution in [1.82, 2.24) is 6.15 Å². The summed E-state index contributed by atoms with van der Waals surface area (Å²) in [7, 11) is 0. The van der Waals surface area contributed by atoms with Crippen LogP contribution >= 0.6 is 0 Å². The summed E-state index contributed by atoms with van der Waals surface area (Å²) in [4.78, 5) is 0. The summed E-state index contributed by atoms with van der Waals surface area (Å²) in [6.07, 6.45) is 0. The van der Waals surface area contributed by atoms with Crippen LogP contribution in [0.25, 0.3) is 0 Å². The van der Waals surface area contributed by atoms with Gasteiger partial charge in [-0.05, 0) is 0 Å². The Morgan fingerprint density at radius 2 is 1.17 bits per heavy atom. The van der Waals surface area contributed by atoms with E-state index < -0.39 is 0 Å². The molecule has 0 bridgehead atoms. The Kier molecular flexibility index (Phi) is 76.5. The van der Waals surface area contributed by atoms with Crippen LogP contribution in [-0.2, 0) is 16.5 Å². The summed E-state index contributed by atoms with van der Waals surface area (Å²) in [5.41, 5.74) is 0. The molecule has 0 saturated carbocycles. The first-order valence-electron chi connectivity index (χ1n) is 0.697. The van der Waals surface area contributed by atoms with Crippen LogP contribution in [-0.4, -0.2) is 0 Å². The molecule has 0 aromatic rings. The third-order valence-electron chi connectivity index (χ3n) is 0.0500. The largest absolute Gasteiger partial charge is 0.344 e. The Morgan fingerprint density at radius 3 is 1.17 bits per heavy atom. The fraction of sp³-hybridized carbons (Fsp3) is 0. The van der Waals surface area contributed by atoms with Crippen LogP contribution in [0.1, 0.15) is 0 Å². The first-order chi connectivity index (χ1) is 1.91. The van der Waals surface area contributed by atoms with Crippen LogP contribution < -0.4 is 6.15 Å². The average molecular weight is 128 g/mol. The number of hydrogen-bond acceptors (Lipinski definition) is 3. The Hall–Kier alpha value is -0.566. The van der Waals surface area contributed by atoms with Crippen molar-refractivity contribution in [1.29, 1.82) is 10.5 Å². The minimum atomic E-state index is 0. The molecule has 36 valence electrons. The number of nitrogens with zero attached hydrogens (tertiary/aromatic N) is 2. The zero-order chi connectivity index (χ0) is 3.41. The summed E-state index contributed by atoms with van der Waals surface area (Å²) in [5.74, 6) is 0. The Bertz CT molecular complexity index is 63.8. The van der Waals surface area contributed by atoms with E-state index in [1.807, 2.05) is 0 Å². The van der Waals surface area contributed by atoms with Gasteiger partial charge in [0.25, 0.3) is 0 Å².